The Hall–Kier alpha value is -2.19. The van der Waals surface area contributed by atoms with Crippen LogP contribution in [0.15, 0.2) is 24.3 Å². The molecule has 1 aromatic carbocycles. The van der Waals surface area contributed by atoms with Crippen molar-refractivity contribution >= 4 is 16.6 Å². The number of hydrogen-bond acceptors (Lipinski definition) is 5. The Kier molecular flexibility index (Phi) is 3.02. The fraction of sp³-hybridized carbons (Fsp3) is 0.357. The molecule has 1 heterocycles. The van der Waals surface area contributed by atoms with Gasteiger partial charge >= 0.3 is 0 Å². The Balaban J connectivity index is 1.92. The molecule has 0 aliphatic heterocycles. The molecule has 1 unspecified atom stereocenters. The molecule has 1 aromatic heterocycles. The van der Waals surface area contributed by atoms with Crippen molar-refractivity contribution in [3.8, 4) is 6.07 Å². The molecule has 5 nitrogen and oxygen atoms in total. The lowest BCUT2D eigenvalue weighted by molar-refractivity contribution is 0.164. The first-order valence-electron chi connectivity index (χ1n) is 6.37. The Morgan fingerprint density at radius 3 is 2.89 bits per heavy atom. The third-order valence-corrected chi connectivity index (χ3v) is 3.43. The summed E-state index contributed by atoms with van der Waals surface area (Å²) in [7, 11) is 0. The first-order valence-corrected chi connectivity index (χ1v) is 6.37. The van der Waals surface area contributed by atoms with Gasteiger partial charge in [0.15, 0.2) is 5.69 Å². The zero-order valence-electron chi connectivity index (χ0n) is 10.4. The highest BCUT2D eigenvalue weighted by Gasteiger charge is 2.29. The highest BCUT2D eigenvalue weighted by molar-refractivity contribution is 5.92. The molecule has 0 radical (unpaired) electrons. The van der Waals surface area contributed by atoms with Crippen molar-refractivity contribution in [2.24, 2.45) is 5.92 Å². The van der Waals surface area contributed by atoms with Crippen LogP contribution in [-0.2, 0) is 0 Å². The topological polar surface area (TPSA) is 81.8 Å². The lowest BCUT2D eigenvalue weighted by Crippen LogP contribution is -2.22. The highest BCUT2D eigenvalue weighted by Crippen LogP contribution is 2.33. The number of aliphatic hydroxyl groups is 1. The average Bonchev–Trinajstić information content (AvgIpc) is 3.28. The van der Waals surface area contributed by atoms with Gasteiger partial charge in [0.1, 0.15) is 6.07 Å². The van der Waals surface area contributed by atoms with Crippen LogP contribution in [0, 0.1) is 17.2 Å². The molecule has 1 aliphatic carbocycles. The number of rotatable bonds is 4. The van der Waals surface area contributed by atoms with Gasteiger partial charge in [0.25, 0.3) is 0 Å². The molecule has 1 fully saturated rings. The second-order valence-electron chi connectivity index (χ2n) is 4.84. The van der Waals surface area contributed by atoms with Crippen molar-refractivity contribution < 1.29 is 5.11 Å². The Bertz CT molecular complexity index is 645. The molecule has 3 rings (SSSR count). The van der Waals surface area contributed by atoms with Gasteiger partial charge in [-0.05, 0) is 24.8 Å². The number of fused-ring (bicyclic) bond motifs is 1. The van der Waals surface area contributed by atoms with E-state index in [1.165, 1.54) is 0 Å². The largest absolute Gasteiger partial charge is 0.391 e. The van der Waals surface area contributed by atoms with E-state index >= 15 is 0 Å². The molecule has 2 N–H and O–H groups in total. The van der Waals surface area contributed by atoms with Gasteiger partial charge < -0.3 is 10.4 Å². The quantitative estimate of drug-likeness (QED) is 0.867. The summed E-state index contributed by atoms with van der Waals surface area (Å²) in [4.78, 5) is 0. The molecular weight excluding hydrogens is 240 g/mol. The smallest absolute Gasteiger partial charge is 0.186 e. The van der Waals surface area contributed by atoms with E-state index < -0.39 is 0 Å². The molecular formula is C14H14N4O. The number of aliphatic hydroxyl groups excluding tert-OH is 1. The van der Waals surface area contributed by atoms with E-state index in [4.69, 9.17) is 5.26 Å². The van der Waals surface area contributed by atoms with E-state index in [0.717, 1.165) is 23.7 Å². The molecule has 2 aromatic rings. The first kappa shape index (κ1) is 11.9. The van der Waals surface area contributed by atoms with E-state index in [2.05, 4.69) is 15.5 Å². The third kappa shape index (κ3) is 2.35. The van der Waals surface area contributed by atoms with Crippen LogP contribution >= 0.6 is 0 Å². The van der Waals surface area contributed by atoms with Crippen LogP contribution in [0.5, 0.6) is 0 Å². The van der Waals surface area contributed by atoms with Gasteiger partial charge in [-0.2, -0.15) is 5.26 Å². The van der Waals surface area contributed by atoms with Gasteiger partial charge in [0.05, 0.1) is 17.3 Å². The normalized spacial score (nSPS) is 16.0. The third-order valence-electron chi connectivity index (χ3n) is 3.43. The standard InChI is InChI=1S/C14H14N4O/c15-7-12-14(16-8-13(19)9-5-6-9)10-3-1-2-4-11(10)17-18-12/h1-4,9,13,19H,5-6,8H2,(H,16,17). The molecule has 0 saturated heterocycles. The summed E-state index contributed by atoms with van der Waals surface area (Å²) in [5.74, 6) is 0.402. The van der Waals surface area contributed by atoms with Gasteiger partial charge in [0, 0.05) is 11.9 Å². The minimum Gasteiger partial charge on any atom is -0.391 e. The van der Waals surface area contributed by atoms with E-state index in [1.807, 2.05) is 30.3 Å². The summed E-state index contributed by atoms with van der Waals surface area (Å²) in [6, 6.07) is 9.57. The monoisotopic (exact) mass is 254 g/mol. The zero-order valence-corrected chi connectivity index (χ0v) is 10.4. The van der Waals surface area contributed by atoms with Crippen molar-refractivity contribution in [1.29, 1.82) is 5.26 Å². The number of hydrogen-bond donors (Lipinski definition) is 2. The first-order chi connectivity index (χ1) is 9.29. The number of nitrogens with one attached hydrogen (secondary N) is 1. The molecule has 5 heteroatoms. The maximum absolute atomic E-state index is 9.90. The van der Waals surface area contributed by atoms with Crippen LogP contribution in [-0.4, -0.2) is 28.0 Å². The summed E-state index contributed by atoms with van der Waals surface area (Å²) in [6.45, 7) is 0.440. The number of aromatic nitrogens is 2. The minimum absolute atomic E-state index is 0.265. The van der Waals surface area contributed by atoms with Crippen molar-refractivity contribution in [3.63, 3.8) is 0 Å². The van der Waals surface area contributed by atoms with Crippen molar-refractivity contribution in [1.82, 2.24) is 10.2 Å². The molecule has 96 valence electrons. The fourth-order valence-corrected chi connectivity index (χ4v) is 2.17. The number of benzene rings is 1. The Labute approximate surface area is 110 Å². The molecule has 19 heavy (non-hydrogen) atoms. The van der Waals surface area contributed by atoms with E-state index in [1.54, 1.807) is 0 Å². The van der Waals surface area contributed by atoms with Gasteiger partial charge in [-0.25, -0.2) is 0 Å². The highest BCUT2D eigenvalue weighted by atomic mass is 16.3. The number of anilines is 1. The minimum atomic E-state index is -0.363. The maximum atomic E-state index is 9.90. The van der Waals surface area contributed by atoms with Crippen LogP contribution in [0.4, 0.5) is 5.69 Å². The second kappa shape index (κ2) is 4.82. The summed E-state index contributed by atoms with van der Waals surface area (Å²) >= 11 is 0. The number of nitriles is 1. The molecule has 1 saturated carbocycles. The number of nitrogens with zero attached hydrogens (tertiary/aromatic N) is 3. The molecule has 0 amide bonds. The lowest BCUT2D eigenvalue weighted by atomic mass is 10.1. The summed E-state index contributed by atoms with van der Waals surface area (Å²) in [5, 5.41) is 30.9. The van der Waals surface area contributed by atoms with Crippen molar-refractivity contribution in [3.05, 3.63) is 30.0 Å². The molecule has 0 bridgehead atoms. The zero-order chi connectivity index (χ0) is 13.2. The fourth-order valence-electron chi connectivity index (χ4n) is 2.17. The van der Waals surface area contributed by atoms with Gasteiger partial charge in [-0.15, -0.1) is 10.2 Å². The predicted octanol–water partition coefficient (Wildman–Crippen LogP) is 1.68. The van der Waals surface area contributed by atoms with E-state index in [0.29, 0.717) is 18.2 Å². The SMILES string of the molecule is N#Cc1nnc2ccccc2c1NCC(O)C1CC1. The van der Waals surface area contributed by atoms with E-state index in [9.17, 15) is 5.11 Å². The van der Waals surface area contributed by atoms with Crippen molar-refractivity contribution in [2.75, 3.05) is 11.9 Å². The van der Waals surface area contributed by atoms with Gasteiger partial charge in [0.2, 0.25) is 0 Å². The van der Waals surface area contributed by atoms with Crippen LogP contribution in [0.3, 0.4) is 0 Å². The Morgan fingerprint density at radius 2 is 2.16 bits per heavy atom. The second-order valence-corrected chi connectivity index (χ2v) is 4.84. The lowest BCUT2D eigenvalue weighted by Gasteiger charge is -2.13. The maximum Gasteiger partial charge on any atom is 0.186 e. The molecule has 1 aliphatic rings. The van der Waals surface area contributed by atoms with Gasteiger partial charge in [-0.3, -0.25) is 0 Å². The summed E-state index contributed by atoms with van der Waals surface area (Å²) < 4.78 is 0. The van der Waals surface area contributed by atoms with Gasteiger partial charge in [-0.1, -0.05) is 18.2 Å². The van der Waals surface area contributed by atoms with Crippen molar-refractivity contribution in [2.45, 2.75) is 18.9 Å². The van der Waals surface area contributed by atoms with Crippen LogP contribution in [0.2, 0.25) is 0 Å². The average molecular weight is 254 g/mol. The summed E-state index contributed by atoms with van der Waals surface area (Å²) in [6.07, 6.45) is 1.81. The Morgan fingerprint density at radius 1 is 1.37 bits per heavy atom. The molecule has 0 spiro atoms. The molecule has 1 atom stereocenters. The predicted molar refractivity (Wildman–Crippen MR) is 71.5 cm³/mol. The van der Waals surface area contributed by atoms with Crippen LogP contribution < -0.4 is 5.32 Å². The summed E-state index contributed by atoms with van der Waals surface area (Å²) in [5.41, 5.74) is 1.67. The van der Waals surface area contributed by atoms with E-state index in [-0.39, 0.29) is 11.8 Å². The van der Waals surface area contributed by atoms with Crippen LogP contribution in [0.25, 0.3) is 10.9 Å². The van der Waals surface area contributed by atoms with Crippen LogP contribution in [0.1, 0.15) is 18.5 Å².